The molecule has 3 N–H and O–H groups in total. The lowest BCUT2D eigenvalue weighted by atomic mass is 10.1. The van der Waals surface area contributed by atoms with Crippen LogP contribution < -0.4 is 5.32 Å². The molecule has 0 spiro atoms. The number of para-hydroxylation sites is 1. The summed E-state index contributed by atoms with van der Waals surface area (Å²) in [6.07, 6.45) is 2.96. The predicted octanol–water partition coefficient (Wildman–Crippen LogP) is 2.32. The molecule has 3 heterocycles. The van der Waals surface area contributed by atoms with Crippen LogP contribution >= 0.6 is 0 Å². The first-order chi connectivity index (χ1) is 18.4. The van der Waals surface area contributed by atoms with Gasteiger partial charge in [0.25, 0.3) is 11.8 Å². The second kappa shape index (κ2) is 11.0. The van der Waals surface area contributed by atoms with E-state index in [1.54, 1.807) is 22.5 Å². The summed E-state index contributed by atoms with van der Waals surface area (Å²) in [5, 5.41) is 32.7. The van der Waals surface area contributed by atoms with E-state index in [9.17, 15) is 19.8 Å². The number of carbonyl (C=O) groups is 2. The Bertz CT molecular complexity index is 1370. The summed E-state index contributed by atoms with van der Waals surface area (Å²) in [5.41, 5.74) is 3.26. The third-order valence-corrected chi connectivity index (χ3v) is 6.85. The van der Waals surface area contributed by atoms with Crippen molar-refractivity contribution in [2.75, 3.05) is 6.54 Å². The summed E-state index contributed by atoms with van der Waals surface area (Å²) in [6, 6.07) is 19.9. The van der Waals surface area contributed by atoms with Gasteiger partial charge in [-0.15, -0.1) is 0 Å². The Morgan fingerprint density at radius 3 is 2.37 bits per heavy atom. The molecular weight excluding hydrogens is 484 g/mol. The van der Waals surface area contributed by atoms with Crippen LogP contribution in [0.25, 0.3) is 11.4 Å². The number of hydrogen-bond donors (Lipinski definition) is 3. The van der Waals surface area contributed by atoms with E-state index in [2.05, 4.69) is 15.5 Å². The Morgan fingerprint density at radius 2 is 1.66 bits per heavy atom. The molecule has 1 unspecified atom stereocenters. The zero-order valence-corrected chi connectivity index (χ0v) is 21.0. The summed E-state index contributed by atoms with van der Waals surface area (Å²) >= 11 is 0. The number of amides is 2. The van der Waals surface area contributed by atoms with E-state index in [4.69, 9.17) is 0 Å². The molecule has 0 saturated carbocycles. The third-order valence-electron chi connectivity index (χ3n) is 6.85. The average molecular weight is 515 g/mol. The van der Waals surface area contributed by atoms with Crippen LogP contribution in [0.5, 0.6) is 0 Å². The number of benzene rings is 2. The van der Waals surface area contributed by atoms with Gasteiger partial charge in [0.1, 0.15) is 0 Å². The maximum atomic E-state index is 13.2. The first-order valence-corrected chi connectivity index (χ1v) is 12.6. The SMILES string of the molecule is C[C@@H](NC(=O)[C@H](O)[C@@H](O)C(=O)N1CCCC1c1ccn(-c2ccccc2)n1)c1ccc(-n2cccn2)cc1. The molecule has 10 heteroatoms. The molecule has 1 aliphatic heterocycles. The minimum absolute atomic E-state index is 0.343. The van der Waals surface area contributed by atoms with Crippen molar-refractivity contribution in [2.45, 2.75) is 44.1 Å². The maximum absolute atomic E-state index is 13.2. The van der Waals surface area contributed by atoms with E-state index in [0.717, 1.165) is 23.4 Å². The molecule has 10 nitrogen and oxygen atoms in total. The normalized spacial score (nSPS) is 17.7. The molecule has 2 amide bonds. The van der Waals surface area contributed by atoms with Gasteiger partial charge in [0.15, 0.2) is 12.2 Å². The Morgan fingerprint density at radius 1 is 0.921 bits per heavy atom. The third kappa shape index (κ3) is 5.22. The number of aromatic nitrogens is 4. The number of nitrogens with one attached hydrogen (secondary N) is 1. The smallest absolute Gasteiger partial charge is 0.255 e. The maximum Gasteiger partial charge on any atom is 0.255 e. The van der Waals surface area contributed by atoms with Crippen molar-refractivity contribution in [3.63, 3.8) is 0 Å². The number of hydrogen-bond acceptors (Lipinski definition) is 6. The molecule has 1 aliphatic rings. The second-order valence-corrected chi connectivity index (χ2v) is 9.37. The van der Waals surface area contributed by atoms with E-state index in [0.29, 0.717) is 18.7 Å². The van der Waals surface area contributed by atoms with Gasteiger partial charge >= 0.3 is 0 Å². The van der Waals surface area contributed by atoms with Gasteiger partial charge in [0, 0.05) is 25.1 Å². The van der Waals surface area contributed by atoms with Gasteiger partial charge < -0.3 is 20.4 Å². The summed E-state index contributed by atoms with van der Waals surface area (Å²) in [7, 11) is 0. The summed E-state index contributed by atoms with van der Waals surface area (Å²) in [6.45, 7) is 2.17. The lowest BCUT2D eigenvalue weighted by molar-refractivity contribution is -0.154. The monoisotopic (exact) mass is 514 g/mol. The highest BCUT2D eigenvalue weighted by Crippen LogP contribution is 2.32. The van der Waals surface area contributed by atoms with E-state index in [-0.39, 0.29) is 6.04 Å². The fraction of sp³-hybridized carbons (Fsp3) is 0.286. The Kier molecular flexibility index (Phi) is 7.34. The van der Waals surface area contributed by atoms with Gasteiger partial charge in [-0.25, -0.2) is 9.36 Å². The standard InChI is InChI=1S/C28H30N6O4/c1-19(20-10-12-22(13-11-20)33-17-6-15-29-33)30-27(37)25(35)26(36)28(38)32-16-5-9-24(32)23-14-18-34(31-23)21-7-3-2-4-8-21/h2-4,6-8,10-15,17-19,24-26,35-36H,5,9,16H2,1H3,(H,30,37)/t19-,24?,25-,26-/m1/s1. The Balaban J connectivity index is 1.21. The predicted molar refractivity (Wildman–Crippen MR) is 139 cm³/mol. The van der Waals surface area contributed by atoms with Crippen molar-refractivity contribution in [2.24, 2.45) is 0 Å². The molecule has 38 heavy (non-hydrogen) atoms. The first-order valence-electron chi connectivity index (χ1n) is 12.6. The highest BCUT2D eigenvalue weighted by Gasteiger charge is 2.39. The molecule has 2 aromatic carbocycles. The van der Waals surface area contributed by atoms with Crippen molar-refractivity contribution in [3.05, 3.63) is 96.6 Å². The molecule has 0 bridgehead atoms. The van der Waals surface area contributed by atoms with Gasteiger partial charge in [-0.2, -0.15) is 10.2 Å². The molecule has 0 radical (unpaired) electrons. The van der Waals surface area contributed by atoms with Gasteiger partial charge in [-0.05, 0) is 61.7 Å². The van der Waals surface area contributed by atoms with E-state index >= 15 is 0 Å². The number of aliphatic hydroxyl groups excluding tert-OH is 2. The topological polar surface area (TPSA) is 126 Å². The fourth-order valence-corrected chi connectivity index (χ4v) is 4.75. The van der Waals surface area contributed by atoms with Crippen molar-refractivity contribution in [3.8, 4) is 11.4 Å². The quantitative estimate of drug-likeness (QED) is 0.331. The molecule has 5 rings (SSSR count). The van der Waals surface area contributed by atoms with Crippen LogP contribution in [0.4, 0.5) is 0 Å². The Hall–Kier alpha value is -4.28. The second-order valence-electron chi connectivity index (χ2n) is 9.37. The molecule has 4 aromatic rings. The number of aliphatic hydroxyl groups is 2. The van der Waals surface area contributed by atoms with E-state index in [1.807, 2.05) is 79.1 Å². The van der Waals surface area contributed by atoms with Crippen molar-refractivity contribution < 1.29 is 19.8 Å². The minimum Gasteiger partial charge on any atom is -0.380 e. The number of nitrogens with zero attached hydrogens (tertiary/aromatic N) is 5. The van der Waals surface area contributed by atoms with Gasteiger partial charge in [-0.3, -0.25) is 9.59 Å². The van der Waals surface area contributed by atoms with Crippen LogP contribution in [0.3, 0.4) is 0 Å². The molecular formula is C28H30N6O4. The molecule has 1 saturated heterocycles. The van der Waals surface area contributed by atoms with Crippen molar-refractivity contribution >= 4 is 11.8 Å². The summed E-state index contributed by atoms with van der Waals surface area (Å²) < 4.78 is 3.45. The molecule has 4 atom stereocenters. The van der Waals surface area contributed by atoms with Gasteiger partial charge in [0.2, 0.25) is 0 Å². The van der Waals surface area contributed by atoms with Crippen molar-refractivity contribution in [1.82, 2.24) is 29.8 Å². The molecule has 2 aromatic heterocycles. The van der Waals surface area contributed by atoms with Crippen LogP contribution in [0.2, 0.25) is 0 Å². The largest absolute Gasteiger partial charge is 0.380 e. The highest BCUT2D eigenvalue weighted by molar-refractivity contribution is 5.91. The number of carbonyl (C=O) groups excluding carboxylic acids is 2. The molecule has 0 aliphatic carbocycles. The average Bonchev–Trinajstić information content (AvgIpc) is 3.74. The van der Waals surface area contributed by atoms with E-state index < -0.39 is 30.1 Å². The van der Waals surface area contributed by atoms with E-state index in [1.165, 1.54) is 4.90 Å². The lowest BCUT2D eigenvalue weighted by Crippen LogP contribution is -2.51. The van der Waals surface area contributed by atoms with Crippen LogP contribution in [0, 0.1) is 0 Å². The summed E-state index contributed by atoms with van der Waals surface area (Å²) in [4.78, 5) is 27.4. The summed E-state index contributed by atoms with van der Waals surface area (Å²) in [5.74, 6) is -1.51. The number of rotatable bonds is 8. The zero-order valence-electron chi connectivity index (χ0n) is 21.0. The van der Waals surface area contributed by atoms with Crippen LogP contribution in [-0.2, 0) is 9.59 Å². The van der Waals surface area contributed by atoms with Gasteiger partial charge in [0.05, 0.1) is 29.2 Å². The first kappa shape index (κ1) is 25.4. The fourth-order valence-electron chi connectivity index (χ4n) is 4.75. The molecule has 1 fully saturated rings. The molecule has 196 valence electrons. The number of likely N-dealkylation sites (tertiary alicyclic amines) is 1. The van der Waals surface area contributed by atoms with Crippen LogP contribution in [0.1, 0.15) is 43.1 Å². The van der Waals surface area contributed by atoms with Crippen LogP contribution in [-0.4, -0.2) is 65.2 Å². The van der Waals surface area contributed by atoms with Crippen LogP contribution in [0.15, 0.2) is 85.3 Å². The Labute approximate surface area is 220 Å². The minimum atomic E-state index is -1.91. The van der Waals surface area contributed by atoms with Crippen molar-refractivity contribution in [1.29, 1.82) is 0 Å². The zero-order chi connectivity index (χ0) is 26.6. The lowest BCUT2D eigenvalue weighted by Gasteiger charge is -2.28. The van der Waals surface area contributed by atoms with Gasteiger partial charge in [-0.1, -0.05) is 30.3 Å². The highest BCUT2D eigenvalue weighted by atomic mass is 16.3.